The first-order valence-corrected chi connectivity index (χ1v) is 7.61. The molecule has 3 heteroatoms. The van der Waals surface area contributed by atoms with E-state index in [1.54, 1.807) is 18.2 Å². The summed E-state index contributed by atoms with van der Waals surface area (Å²) in [5.41, 5.74) is -0.524. The van der Waals surface area contributed by atoms with Gasteiger partial charge in [-0.25, -0.2) is 0 Å². The molecule has 2 nitrogen and oxygen atoms in total. The Bertz CT molecular complexity index is 1150. The Hall–Kier alpha value is -1.71. The van der Waals surface area contributed by atoms with E-state index in [-0.39, 0.29) is 33.4 Å². The molecule has 1 aromatic carbocycles. The lowest BCUT2D eigenvalue weighted by atomic mass is 9.88. The molecular formula is C19H19NOS. The first-order chi connectivity index (χ1) is 14.6. The second-order valence-corrected chi connectivity index (χ2v) is 5.89. The van der Waals surface area contributed by atoms with Crippen LogP contribution in [-0.4, -0.2) is 30.7 Å². The molecule has 0 spiro atoms. The number of hydrogen-bond acceptors (Lipinski definition) is 3. The predicted molar refractivity (Wildman–Crippen MR) is 91.5 cm³/mol. The van der Waals surface area contributed by atoms with Gasteiger partial charge in [-0.3, -0.25) is 4.79 Å². The molecule has 1 saturated heterocycles. The van der Waals surface area contributed by atoms with Crippen LogP contribution >= 0.6 is 11.3 Å². The molecule has 0 unspecified atom stereocenters. The summed E-state index contributed by atoms with van der Waals surface area (Å²) in [5, 5.41) is -0.263. The zero-order valence-corrected chi connectivity index (χ0v) is 12.6. The lowest BCUT2D eigenvalue weighted by molar-refractivity contribution is 0.0997. The molecule has 1 fully saturated rings. The van der Waals surface area contributed by atoms with E-state index in [9.17, 15) is 4.79 Å². The smallest absolute Gasteiger partial charge is 0.177 e. The minimum atomic E-state index is -3.04. The zero-order valence-electron chi connectivity index (χ0n) is 21.8. The molecular weight excluding hydrogens is 290 g/mol. The molecule has 0 atom stereocenters. The number of fused-ring (bicyclic) bond motifs is 2. The van der Waals surface area contributed by atoms with Gasteiger partial charge in [0.1, 0.15) is 0 Å². The van der Waals surface area contributed by atoms with Gasteiger partial charge >= 0.3 is 0 Å². The van der Waals surface area contributed by atoms with Crippen LogP contribution < -0.4 is 0 Å². The van der Waals surface area contributed by atoms with Crippen LogP contribution in [0.25, 0.3) is 5.57 Å². The van der Waals surface area contributed by atoms with Crippen molar-refractivity contribution in [2.24, 2.45) is 0 Å². The van der Waals surface area contributed by atoms with Crippen LogP contribution in [0.3, 0.4) is 0 Å². The van der Waals surface area contributed by atoms with Crippen LogP contribution in [0, 0.1) is 0 Å². The standard InChI is InChI=1S/C19H19NOS/c1-20-9-6-13(7-10-20)18-15-5-3-2-4-14(15)12-17(21)19-16(18)8-11-22-19/h2-5,8,11H,6-7,9-10,12H2,1H3/i6D2,7D2,8D,9D2,10D2,11D. The number of carbonyl (C=O) groups is 1. The summed E-state index contributed by atoms with van der Waals surface area (Å²) in [7, 11) is 0.982. The van der Waals surface area contributed by atoms with Crippen molar-refractivity contribution in [3.63, 3.8) is 0 Å². The van der Waals surface area contributed by atoms with Gasteiger partial charge in [-0.2, -0.15) is 0 Å². The van der Waals surface area contributed by atoms with Gasteiger partial charge in [0, 0.05) is 35.9 Å². The summed E-state index contributed by atoms with van der Waals surface area (Å²) >= 11 is 0.730. The molecule has 2 aromatic rings. The second-order valence-electron chi connectivity index (χ2n) is 5.07. The number of ketones is 1. The van der Waals surface area contributed by atoms with Crippen molar-refractivity contribution in [2.45, 2.75) is 19.2 Å². The van der Waals surface area contributed by atoms with Gasteiger partial charge in [0.05, 0.1) is 7.62 Å². The van der Waals surface area contributed by atoms with Gasteiger partial charge in [0.25, 0.3) is 0 Å². The average Bonchev–Trinajstić information content (AvgIpc) is 2.92. The van der Waals surface area contributed by atoms with Crippen molar-refractivity contribution >= 4 is 22.7 Å². The molecule has 22 heavy (non-hydrogen) atoms. The van der Waals surface area contributed by atoms with Gasteiger partial charge in [0.2, 0.25) is 0 Å². The van der Waals surface area contributed by atoms with Crippen LogP contribution in [0.5, 0.6) is 0 Å². The summed E-state index contributed by atoms with van der Waals surface area (Å²) in [6.07, 6.45) is -6.20. The highest BCUT2D eigenvalue weighted by Crippen LogP contribution is 2.40. The molecule has 1 aliphatic carbocycles. The first-order valence-electron chi connectivity index (χ1n) is 11.8. The van der Waals surface area contributed by atoms with Crippen molar-refractivity contribution < 1.29 is 18.5 Å². The monoisotopic (exact) mass is 319 g/mol. The summed E-state index contributed by atoms with van der Waals surface area (Å²) in [6, 6.07) is 5.98. The van der Waals surface area contributed by atoms with Crippen molar-refractivity contribution in [1.29, 1.82) is 0 Å². The largest absolute Gasteiger partial charge is 0.306 e. The second kappa shape index (κ2) is 5.49. The lowest BCUT2D eigenvalue weighted by Crippen LogP contribution is -2.27. The topological polar surface area (TPSA) is 20.3 Å². The average molecular weight is 319 g/mol. The van der Waals surface area contributed by atoms with E-state index < -0.39 is 43.1 Å². The van der Waals surface area contributed by atoms with Crippen LogP contribution in [0.15, 0.2) is 41.2 Å². The van der Waals surface area contributed by atoms with Crippen molar-refractivity contribution in [3.8, 4) is 0 Å². The maximum absolute atomic E-state index is 13.0. The number of piperidine rings is 1. The molecule has 112 valence electrons. The minimum Gasteiger partial charge on any atom is -0.306 e. The fraction of sp³-hybridized carbons (Fsp3) is 0.316. The molecule has 1 aromatic heterocycles. The summed E-state index contributed by atoms with van der Waals surface area (Å²) < 4.78 is 84.6. The maximum Gasteiger partial charge on any atom is 0.177 e. The third-order valence-electron chi connectivity index (χ3n) is 3.64. The van der Waals surface area contributed by atoms with E-state index in [0.29, 0.717) is 10.5 Å². The van der Waals surface area contributed by atoms with Crippen LogP contribution in [0.4, 0.5) is 0 Å². The molecule has 2 aliphatic rings. The third kappa shape index (κ3) is 2.25. The molecule has 2 heterocycles. The zero-order chi connectivity index (χ0) is 24.0. The van der Waals surface area contributed by atoms with E-state index in [1.807, 2.05) is 0 Å². The Morgan fingerprint density at radius 1 is 1.23 bits per heavy atom. The summed E-state index contributed by atoms with van der Waals surface area (Å²) in [6.45, 7) is -5.92. The molecule has 0 saturated carbocycles. The van der Waals surface area contributed by atoms with Gasteiger partial charge < -0.3 is 4.90 Å². The molecule has 0 bridgehead atoms. The van der Waals surface area contributed by atoms with Gasteiger partial charge in [-0.1, -0.05) is 29.8 Å². The number of rotatable bonds is 0. The number of carbonyl (C=O) groups excluding carboxylic acids is 1. The maximum atomic E-state index is 13.0. The van der Waals surface area contributed by atoms with Crippen LogP contribution in [0.2, 0.25) is 0 Å². The molecule has 0 N–H and O–H groups in total. The highest BCUT2D eigenvalue weighted by molar-refractivity contribution is 7.12. The first kappa shape index (κ1) is 6.81. The number of hydrogen-bond donors (Lipinski definition) is 0. The van der Waals surface area contributed by atoms with Crippen LogP contribution in [-0.2, 0) is 6.42 Å². The Morgan fingerprint density at radius 3 is 2.82 bits per heavy atom. The number of Topliss-reactive ketones (excluding diaryl/α,β-unsaturated/α-hetero) is 1. The lowest BCUT2D eigenvalue weighted by Gasteiger charge is -2.27. The molecule has 0 radical (unpaired) electrons. The van der Waals surface area contributed by atoms with Crippen molar-refractivity contribution in [3.05, 3.63) is 62.8 Å². The molecule has 0 amide bonds. The normalized spacial score (nSPS) is 34.7. The van der Waals surface area contributed by atoms with Gasteiger partial charge in [-0.05, 0) is 47.9 Å². The number of likely N-dealkylation sites (tertiary alicyclic amines) is 1. The quantitative estimate of drug-likeness (QED) is 0.731. The fourth-order valence-electron chi connectivity index (χ4n) is 2.64. The molecule has 1 aliphatic heterocycles. The Kier molecular flexibility index (Phi) is 1.70. The van der Waals surface area contributed by atoms with E-state index in [2.05, 4.69) is 0 Å². The Labute approximate surface area is 149 Å². The third-order valence-corrected chi connectivity index (χ3v) is 4.48. The van der Waals surface area contributed by atoms with Gasteiger partial charge in [-0.15, -0.1) is 11.3 Å². The SMILES string of the molecule is [2H]c1sc2c(c1[2H])C(=C1C([2H])([2H])C([2H])([2H])N(C)C([2H])([2H])C1([2H])[2H])c1ccccc1CC2=O. The van der Waals surface area contributed by atoms with Crippen LogP contribution in [0.1, 0.15) is 52.8 Å². The fourth-order valence-corrected chi connectivity index (χ4v) is 3.33. The van der Waals surface area contributed by atoms with Crippen molar-refractivity contribution in [1.82, 2.24) is 4.90 Å². The van der Waals surface area contributed by atoms with E-state index in [1.165, 1.54) is 6.07 Å². The van der Waals surface area contributed by atoms with Crippen molar-refractivity contribution in [2.75, 3.05) is 20.0 Å². The Balaban J connectivity index is 2.28. The highest BCUT2D eigenvalue weighted by Gasteiger charge is 2.27. The van der Waals surface area contributed by atoms with E-state index in [4.69, 9.17) is 13.7 Å². The van der Waals surface area contributed by atoms with E-state index in [0.717, 1.165) is 18.4 Å². The number of benzene rings is 1. The summed E-state index contributed by atoms with van der Waals surface area (Å²) in [4.78, 5) is 13.4. The summed E-state index contributed by atoms with van der Waals surface area (Å²) in [5.74, 6) is -0.417. The minimum absolute atomic E-state index is 0.00893. The Morgan fingerprint density at radius 2 is 2.00 bits per heavy atom. The van der Waals surface area contributed by atoms with E-state index >= 15 is 0 Å². The van der Waals surface area contributed by atoms with Gasteiger partial charge in [0.15, 0.2) is 5.78 Å². The number of thiophene rings is 1. The number of nitrogens with zero attached hydrogens (tertiary/aromatic N) is 1. The highest BCUT2D eigenvalue weighted by atomic mass is 32.1. The predicted octanol–water partition coefficient (Wildman–Crippen LogP) is 4.01. The molecule has 4 rings (SSSR count).